The molecule has 3 nitrogen and oxygen atoms in total. The summed E-state index contributed by atoms with van der Waals surface area (Å²) >= 11 is 1.63. The van der Waals surface area contributed by atoms with Gasteiger partial charge >= 0.3 is 5.97 Å². The summed E-state index contributed by atoms with van der Waals surface area (Å²) in [4.78, 5) is 13.9. The highest BCUT2D eigenvalue weighted by atomic mass is 32.2. The summed E-state index contributed by atoms with van der Waals surface area (Å²) < 4.78 is 5.73. The third-order valence-electron chi connectivity index (χ3n) is 3.92. The molecule has 0 aliphatic rings. The molecule has 132 valence electrons. The Morgan fingerprint density at radius 2 is 1.62 bits per heavy atom. The van der Waals surface area contributed by atoms with Gasteiger partial charge in [0.1, 0.15) is 5.75 Å². The van der Waals surface area contributed by atoms with Crippen LogP contribution in [0, 0.1) is 6.92 Å². The maximum atomic E-state index is 11.7. The SMILES string of the molecule is Cc1ccc(O[C@H](Cc2ccccc2Sc2ccccc2)C(=O)O)cc1. The monoisotopic (exact) mass is 364 g/mol. The summed E-state index contributed by atoms with van der Waals surface area (Å²) in [5, 5.41) is 9.60. The van der Waals surface area contributed by atoms with Gasteiger partial charge in [0.15, 0.2) is 6.10 Å². The Labute approximate surface area is 157 Å². The zero-order valence-electron chi connectivity index (χ0n) is 14.5. The van der Waals surface area contributed by atoms with Crippen molar-refractivity contribution in [1.29, 1.82) is 0 Å². The van der Waals surface area contributed by atoms with E-state index in [1.807, 2.05) is 73.7 Å². The lowest BCUT2D eigenvalue weighted by molar-refractivity contribution is -0.145. The van der Waals surface area contributed by atoms with E-state index < -0.39 is 12.1 Å². The second-order valence-electron chi connectivity index (χ2n) is 5.98. The Balaban J connectivity index is 1.79. The van der Waals surface area contributed by atoms with Crippen LogP contribution < -0.4 is 4.74 Å². The molecule has 0 aliphatic heterocycles. The fraction of sp³-hybridized carbons (Fsp3) is 0.136. The van der Waals surface area contributed by atoms with Crippen LogP contribution in [0.25, 0.3) is 0 Å². The van der Waals surface area contributed by atoms with E-state index in [0.29, 0.717) is 12.2 Å². The van der Waals surface area contributed by atoms with E-state index in [2.05, 4.69) is 0 Å². The van der Waals surface area contributed by atoms with E-state index in [-0.39, 0.29) is 0 Å². The zero-order valence-corrected chi connectivity index (χ0v) is 15.3. The second-order valence-corrected chi connectivity index (χ2v) is 7.10. The molecular weight excluding hydrogens is 344 g/mol. The summed E-state index contributed by atoms with van der Waals surface area (Å²) in [7, 11) is 0. The van der Waals surface area contributed by atoms with Crippen LogP contribution in [0.1, 0.15) is 11.1 Å². The average Bonchev–Trinajstić information content (AvgIpc) is 2.65. The minimum absolute atomic E-state index is 0.305. The lowest BCUT2D eigenvalue weighted by Gasteiger charge is -2.17. The molecule has 26 heavy (non-hydrogen) atoms. The van der Waals surface area contributed by atoms with Gasteiger partial charge in [-0.15, -0.1) is 0 Å². The third-order valence-corrected chi connectivity index (χ3v) is 5.05. The fourth-order valence-electron chi connectivity index (χ4n) is 2.55. The number of benzene rings is 3. The highest BCUT2D eigenvalue weighted by Crippen LogP contribution is 2.31. The summed E-state index contributed by atoms with van der Waals surface area (Å²) in [6.45, 7) is 1.98. The van der Waals surface area contributed by atoms with E-state index in [9.17, 15) is 9.90 Å². The Bertz CT molecular complexity index is 860. The molecule has 0 heterocycles. The lowest BCUT2D eigenvalue weighted by Crippen LogP contribution is -2.29. The minimum atomic E-state index is -0.968. The van der Waals surface area contributed by atoms with E-state index in [0.717, 1.165) is 20.9 Å². The molecule has 3 aromatic carbocycles. The number of rotatable bonds is 7. The van der Waals surface area contributed by atoms with Crippen molar-refractivity contribution < 1.29 is 14.6 Å². The van der Waals surface area contributed by atoms with Gasteiger partial charge < -0.3 is 9.84 Å². The van der Waals surface area contributed by atoms with Crippen molar-refractivity contribution in [2.75, 3.05) is 0 Å². The third kappa shape index (κ3) is 4.90. The van der Waals surface area contributed by atoms with Crippen LogP contribution in [-0.2, 0) is 11.2 Å². The molecule has 0 amide bonds. The molecular formula is C22H20O3S. The summed E-state index contributed by atoms with van der Waals surface area (Å²) in [5.74, 6) is -0.402. The predicted molar refractivity (Wildman–Crippen MR) is 104 cm³/mol. The number of hydrogen-bond donors (Lipinski definition) is 1. The van der Waals surface area contributed by atoms with Gasteiger partial charge in [-0.2, -0.15) is 0 Å². The van der Waals surface area contributed by atoms with Crippen LogP contribution in [0.5, 0.6) is 5.75 Å². The standard InChI is InChI=1S/C22H20O3S/c1-16-11-13-18(14-12-16)25-20(22(23)24)15-17-7-5-6-10-21(17)26-19-8-3-2-4-9-19/h2-14,20H,15H2,1H3,(H,23,24)/t20-/m1/s1. The molecule has 0 saturated carbocycles. The van der Waals surface area contributed by atoms with Crippen molar-refractivity contribution in [3.8, 4) is 5.75 Å². The van der Waals surface area contributed by atoms with Crippen molar-refractivity contribution in [3.05, 3.63) is 90.0 Å². The van der Waals surface area contributed by atoms with Gasteiger partial charge in [0.2, 0.25) is 0 Å². The zero-order chi connectivity index (χ0) is 18.4. The number of carboxylic acid groups (broad SMARTS) is 1. The number of carboxylic acids is 1. The number of aliphatic carboxylic acids is 1. The summed E-state index contributed by atoms with van der Waals surface area (Å²) in [6, 6.07) is 25.3. The fourth-order valence-corrected chi connectivity index (χ4v) is 3.52. The number of hydrogen-bond acceptors (Lipinski definition) is 3. The van der Waals surface area contributed by atoms with Crippen LogP contribution >= 0.6 is 11.8 Å². The molecule has 4 heteroatoms. The quantitative estimate of drug-likeness (QED) is 0.624. The number of ether oxygens (including phenoxy) is 1. The molecule has 0 aromatic heterocycles. The molecule has 0 bridgehead atoms. The molecule has 1 N–H and O–H groups in total. The molecule has 0 spiro atoms. The first kappa shape index (κ1) is 18.1. The van der Waals surface area contributed by atoms with Gasteiger partial charge in [0.05, 0.1) is 0 Å². The van der Waals surface area contributed by atoms with Crippen LogP contribution in [0.2, 0.25) is 0 Å². The van der Waals surface area contributed by atoms with Crippen molar-refractivity contribution in [3.63, 3.8) is 0 Å². The Morgan fingerprint density at radius 1 is 0.962 bits per heavy atom. The average molecular weight is 364 g/mol. The maximum absolute atomic E-state index is 11.7. The van der Waals surface area contributed by atoms with Crippen LogP contribution in [0.3, 0.4) is 0 Å². The molecule has 0 unspecified atom stereocenters. The van der Waals surface area contributed by atoms with Crippen LogP contribution in [-0.4, -0.2) is 17.2 Å². The predicted octanol–water partition coefficient (Wildman–Crippen LogP) is 5.22. The Hall–Kier alpha value is -2.72. The number of carbonyl (C=O) groups is 1. The molecule has 0 aliphatic carbocycles. The van der Waals surface area contributed by atoms with E-state index >= 15 is 0 Å². The summed E-state index contributed by atoms with van der Waals surface area (Å²) in [6.07, 6.45) is -0.630. The first-order valence-corrected chi connectivity index (χ1v) is 9.20. The highest BCUT2D eigenvalue weighted by molar-refractivity contribution is 7.99. The Morgan fingerprint density at radius 3 is 2.31 bits per heavy atom. The lowest BCUT2D eigenvalue weighted by atomic mass is 10.1. The molecule has 3 aromatic rings. The molecule has 1 atom stereocenters. The minimum Gasteiger partial charge on any atom is -0.478 e. The Kier molecular flexibility index (Phi) is 5.97. The van der Waals surface area contributed by atoms with E-state index in [4.69, 9.17) is 4.74 Å². The smallest absolute Gasteiger partial charge is 0.345 e. The molecule has 3 rings (SSSR count). The van der Waals surface area contributed by atoms with Gasteiger partial charge in [-0.3, -0.25) is 0 Å². The largest absolute Gasteiger partial charge is 0.478 e. The van der Waals surface area contributed by atoms with Crippen molar-refractivity contribution in [2.24, 2.45) is 0 Å². The molecule has 0 fully saturated rings. The number of aryl methyl sites for hydroxylation is 1. The topological polar surface area (TPSA) is 46.5 Å². The van der Waals surface area contributed by atoms with Crippen LogP contribution in [0.15, 0.2) is 88.7 Å². The second kappa shape index (κ2) is 8.59. The maximum Gasteiger partial charge on any atom is 0.345 e. The van der Waals surface area contributed by atoms with Gasteiger partial charge in [0.25, 0.3) is 0 Å². The highest BCUT2D eigenvalue weighted by Gasteiger charge is 2.21. The first-order chi connectivity index (χ1) is 12.6. The van der Waals surface area contributed by atoms with Gasteiger partial charge in [-0.05, 0) is 42.8 Å². The van der Waals surface area contributed by atoms with Gasteiger partial charge in [-0.1, -0.05) is 65.9 Å². The van der Waals surface area contributed by atoms with Crippen molar-refractivity contribution in [1.82, 2.24) is 0 Å². The van der Waals surface area contributed by atoms with Gasteiger partial charge in [0, 0.05) is 16.2 Å². The normalized spacial score (nSPS) is 11.7. The molecule has 0 saturated heterocycles. The summed E-state index contributed by atoms with van der Waals surface area (Å²) in [5.41, 5.74) is 2.06. The first-order valence-electron chi connectivity index (χ1n) is 8.39. The molecule has 0 radical (unpaired) electrons. The van der Waals surface area contributed by atoms with Crippen molar-refractivity contribution in [2.45, 2.75) is 29.2 Å². The van der Waals surface area contributed by atoms with E-state index in [1.165, 1.54) is 0 Å². The van der Waals surface area contributed by atoms with E-state index in [1.54, 1.807) is 23.9 Å². The van der Waals surface area contributed by atoms with Gasteiger partial charge in [-0.25, -0.2) is 4.79 Å². The van der Waals surface area contributed by atoms with Crippen LogP contribution in [0.4, 0.5) is 0 Å². The van der Waals surface area contributed by atoms with Crippen molar-refractivity contribution >= 4 is 17.7 Å².